The summed E-state index contributed by atoms with van der Waals surface area (Å²) in [7, 11) is -2.29. The smallest absolute Gasteiger partial charge is 0.309 e. The molecule has 1 heterocycles. The molecule has 0 unspecified atom stereocenters. The second kappa shape index (κ2) is 9.47. The van der Waals surface area contributed by atoms with Gasteiger partial charge in [0.2, 0.25) is 15.9 Å². The van der Waals surface area contributed by atoms with Gasteiger partial charge in [-0.15, -0.1) is 0 Å². The van der Waals surface area contributed by atoms with Gasteiger partial charge in [0.25, 0.3) is 0 Å². The molecule has 1 aromatic carbocycles. The van der Waals surface area contributed by atoms with E-state index < -0.39 is 16.1 Å². The second-order valence-electron chi connectivity index (χ2n) is 7.26. The maximum absolute atomic E-state index is 13.1. The summed E-state index contributed by atoms with van der Waals surface area (Å²) >= 11 is 0. The Hall–Kier alpha value is -2.29. The zero-order valence-electron chi connectivity index (χ0n) is 17.7. The molecule has 0 aromatic heterocycles. The second-order valence-corrected chi connectivity index (χ2v) is 9.12. The largest absolute Gasteiger partial charge is 0.495 e. The van der Waals surface area contributed by atoms with Crippen molar-refractivity contribution >= 4 is 27.6 Å². The highest BCUT2D eigenvalue weighted by Crippen LogP contribution is 2.33. The van der Waals surface area contributed by atoms with Crippen LogP contribution in [0.4, 0.5) is 5.69 Å². The molecule has 0 aliphatic carbocycles. The van der Waals surface area contributed by atoms with Crippen LogP contribution in [0.2, 0.25) is 0 Å². The van der Waals surface area contributed by atoms with Gasteiger partial charge in [-0.05, 0) is 51.3 Å². The van der Waals surface area contributed by atoms with E-state index in [9.17, 15) is 18.0 Å². The number of ether oxygens (including phenoxy) is 2. The molecule has 9 heteroatoms. The summed E-state index contributed by atoms with van der Waals surface area (Å²) < 4.78 is 36.7. The molecule has 1 aromatic rings. The van der Waals surface area contributed by atoms with Crippen molar-refractivity contribution in [3.63, 3.8) is 0 Å². The van der Waals surface area contributed by atoms with Crippen LogP contribution in [0, 0.1) is 12.8 Å². The van der Waals surface area contributed by atoms with Crippen molar-refractivity contribution in [2.75, 3.05) is 37.4 Å². The number of hydrogen-bond donors (Lipinski definition) is 0. The van der Waals surface area contributed by atoms with Gasteiger partial charge in [0.15, 0.2) is 0 Å². The monoisotopic (exact) mass is 426 g/mol. The Morgan fingerprint density at radius 1 is 1.28 bits per heavy atom. The first kappa shape index (κ1) is 23.0. The summed E-state index contributed by atoms with van der Waals surface area (Å²) in [6.07, 6.45) is 2.08. The van der Waals surface area contributed by atoms with Crippen LogP contribution in [0.1, 0.15) is 32.3 Å². The molecule has 162 valence electrons. The number of rotatable bonds is 7. The number of aryl methyl sites for hydroxylation is 1. The first-order chi connectivity index (χ1) is 13.6. The fourth-order valence-corrected chi connectivity index (χ4v) is 4.77. The van der Waals surface area contributed by atoms with Crippen LogP contribution in [0.15, 0.2) is 18.2 Å². The quantitative estimate of drug-likeness (QED) is 0.619. The summed E-state index contributed by atoms with van der Waals surface area (Å²) in [5.74, 6) is -0.393. The number of benzene rings is 1. The van der Waals surface area contributed by atoms with E-state index in [1.54, 1.807) is 30.9 Å². The maximum atomic E-state index is 13.1. The van der Waals surface area contributed by atoms with E-state index in [0.717, 1.165) is 16.1 Å². The number of carbonyl (C=O) groups excluding carboxylic acids is 2. The number of piperidine rings is 1. The number of likely N-dealkylation sites (tertiary alicyclic amines) is 1. The molecule has 0 spiro atoms. The highest BCUT2D eigenvalue weighted by atomic mass is 32.2. The molecule has 1 atom stereocenters. The Morgan fingerprint density at radius 2 is 1.90 bits per heavy atom. The van der Waals surface area contributed by atoms with Crippen molar-refractivity contribution in [1.82, 2.24) is 4.90 Å². The molecule has 0 bridgehead atoms. The van der Waals surface area contributed by atoms with Gasteiger partial charge in [-0.25, -0.2) is 8.42 Å². The van der Waals surface area contributed by atoms with Crippen LogP contribution in [-0.4, -0.2) is 64.3 Å². The predicted molar refractivity (Wildman–Crippen MR) is 110 cm³/mol. The van der Waals surface area contributed by atoms with Crippen LogP contribution < -0.4 is 9.04 Å². The standard InChI is InChI=1S/C20H30N2O6S/c1-6-28-20(24)16-9-11-21(12-10-16)19(23)15(3)22(29(5,25)26)17-13-14(2)7-8-18(17)27-4/h7-8,13,15-16H,6,9-12H2,1-5H3/t15-/m0/s1. The van der Waals surface area contributed by atoms with E-state index in [1.807, 2.05) is 13.0 Å². The van der Waals surface area contributed by atoms with Gasteiger partial charge in [-0.3, -0.25) is 13.9 Å². The SMILES string of the molecule is CCOC(=O)C1CCN(C(=O)[C@H](C)N(c2cc(C)ccc2OC)S(C)(=O)=O)CC1. The fraction of sp³-hybridized carbons (Fsp3) is 0.600. The van der Waals surface area contributed by atoms with E-state index in [1.165, 1.54) is 7.11 Å². The lowest BCUT2D eigenvalue weighted by Crippen LogP contribution is -2.51. The van der Waals surface area contributed by atoms with Gasteiger partial charge in [0.05, 0.1) is 31.6 Å². The Kier molecular flexibility index (Phi) is 7.51. The highest BCUT2D eigenvalue weighted by molar-refractivity contribution is 7.92. The number of carbonyl (C=O) groups is 2. The molecule has 0 saturated carbocycles. The zero-order valence-corrected chi connectivity index (χ0v) is 18.5. The molecule has 0 N–H and O–H groups in total. The molecule has 1 saturated heterocycles. The highest BCUT2D eigenvalue weighted by Gasteiger charge is 2.36. The minimum Gasteiger partial charge on any atom is -0.495 e. The van der Waals surface area contributed by atoms with Gasteiger partial charge in [-0.1, -0.05) is 6.07 Å². The number of sulfonamides is 1. The van der Waals surface area contributed by atoms with Gasteiger partial charge >= 0.3 is 5.97 Å². The van der Waals surface area contributed by atoms with Crippen LogP contribution in [0.5, 0.6) is 5.75 Å². The molecule has 1 aliphatic rings. The van der Waals surface area contributed by atoms with Gasteiger partial charge in [-0.2, -0.15) is 0 Å². The predicted octanol–water partition coefficient (Wildman–Crippen LogP) is 1.96. The molecule has 8 nitrogen and oxygen atoms in total. The number of anilines is 1. The van der Waals surface area contributed by atoms with Crippen LogP contribution in [0.3, 0.4) is 0 Å². The van der Waals surface area contributed by atoms with E-state index in [-0.39, 0.29) is 17.8 Å². The zero-order chi connectivity index (χ0) is 21.8. The Balaban J connectivity index is 2.23. The molecule has 2 rings (SSSR count). The van der Waals surface area contributed by atoms with E-state index >= 15 is 0 Å². The van der Waals surface area contributed by atoms with Crippen LogP contribution in [0.25, 0.3) is 0 Å². The molecule has 1 amide bonds. The molecular weight excluding hydrogens is 396 g/mol. The molecule has 29 heavy (non-hydrogen) atoms. The van der Waals surface area contributed by atoms with Crippen molar-refractivity contribution < 1.29 is 27.5 Å². The van der Waals surface area contributed by atoms with Crippen LogP contribution in [-0.2, 0) is 24.3 Å². The average molecular weight is 427 g/mol. The van der Waals surface area contributed by atoms with Crippen molar-refractivity contribution in [3.05, 3.63) is 23.8 Å². The molecular formula is C20H30N2O6S. The number of esters is 1. The average Bonchev–Trinajstić information content (AvgIpc) is 2.67. The van der Waals surface area contributed by atoms with Crippen molar-refractivity contribution in [2.45, 2.75) is 39.7 Å². The Bertz CT molecular complexity index is 847. The van der Waals surface area contributed by atoms with E-state index in [2.05, 4.69) is 0 Å². The van der Waals surface area contributed by atoms with Crippen molar-refractivity contribution in [2.24, 2.45) is 5.92 Å². The number of amides is 1. The lowest BCUT2D eigenvalue weighted by atomic mass is 9.96. The van der Waals surface area contributed by atoms with Crippen molar-refractivity contribution in [3.8, 4) is 5.75 Å². The number of methoxy groups -OCH3 is 1. The van der Waals surface area contributed by atoms with E-state index in [0.29, 0.717) is 44.0 Å². The third kappa shape index (κ3) is 5.41. The summed E-state index contributed by atoms with van der Waals surface area (Å²) in [4.78, 5) is 26.6. The van der Waals surface area contributed by atoms with Crippen LogP contribution >= 0.6 is 0 Å². The normalized spacial score (nSPS) is 16.2. The molecule has 0 radical (unpaired) electrons. The van der Waals surface area contributed by atoms with E-state index in [4.69, 9.17) is 9.47 Å². The summed E-state index contributed by atoms with van der Waals surface area (Å²) in [5.41, 5.74) is 1.18. The Morgan fingerprint density at radius 3 is 2.41 bits per heavy atom. The fourth-order valence-electron chi connectivity index (χ4n) is 3.61. The first-order valence-electron chi connectivity index (χ1n) is 9.69. The maximum Gasteiger partial charge on any atom is 0.309 e. The molecule has 1 fully saturated rings. The topological polar surface area (TPSA) is 93.2 Å². The lowest BCUT2D eigenvalue weighted by molar-refractivity contribution is -0.151. The number of nitrogens with zero attached hydrogens (tertiary/aromatic N) is 2. The first-order valence-corrected chi connectivity index (χ1v) is 11.5. The summed E-state index contributed by atoms with van der Waals surface area (Å²) in [6, 6.07) is 4.25. The molecule has 1 aliphatic heterocycles. The Labute approximate surface area is 172 Å². The van der Waals surface area contributed by atoms with Crippen molar-refractivity contribution in [1.29, 1.82) is 0 Å². The van der Waals surface area contributed by atoms with Gasteiger partial charge in [0, 0.05) is 13.1 Å². The van der Waals surface area contributed by atoms with Gasteiger partial charge < -0.3 is 14.4 Å². The summed E-state index contributed by atoms with van der Waals surface area (Å²) in [5, 5.41) is 0. The third-order valence-corrected chi connectivity index (χ3v) is 6.29. The minimum absolute atomic E-state index is 0.225. The number of hydrogen-bond acceptors (Lipinski definition) is 6. The lowest BCUT2D eigenvalue weighted by Gasteiger charge is -2.36. The summed E-state index contributed by atoms with van der Waals surface area (Å²) in [6.45, 7) is 6.28. The van der Waals surface area contributed by atoms with Gasteiger partial charge in [0.1, 0.15) is 11.8 Å². The minimum atomic E-state index is -3.75. The third-order valence-electron chi connectivity index (χ3n) is 5.06.